The van der Waals surface area contributed by atoms with E-state index in [0.717, 1.165) is 16.5 Å². The van der Waals surface area contributed by atoms with Crippen molar-refractivity contribution in [1.29, 1.82) is 10.5 Å². The van der Waals surface area contributed by atoms with Crippen LogP contribution in [0.3, 0.4) is 0 Å². The average molecular weight is 1130 g/mol. The summed E-state index contributed by atoms with van der Waals surface area (Å²) in [5.74, 6) is 0.163. The third-order valence-corrected chi connectivity index (χ3v) is 11.8. The van der Waals surface area contributed by atoms with Gasteiger partial charge in [0.1, 0.15) is 23.9 Å². The zero-order chi connectivity index (χ0) is 58.4. The van der Waals surface area contributed by atoms with E-state index in [1.54, 1.807) is 0 Å². The molecule has 5 aromatic carbocycles. The minimum Gasteiger partial charge on any atom is -0.194 e. The van der Waals surface area contributed by atoms with Crippen molar-refractivity contribution in [3.05, 3.63) is 171 Å². The average Bonchev–Trinajstić information content (AvgIpc) is 3.29. The van der Waals surface area contributed by atoms with Crippen LogP contribution in [0.15, 0.2) is 127 Å². The van der Waals surface area contributed by atoms with Crippen LogP contribution in [0.4, 0.5) is 105 Å². The Bertz CT molecular complexity index is 2820. The number of fused-ring (bicyclic) bond motifs is 1. The highest BCUT2D eigenvalue weighted by atomic mass is 19.4. The first-order valence-electron chi connectivity index (χ1n) is 21.2. The van der Waals surface area contributed by atoms with E-state index in [1.165, 1.54) is 0 Å². The number of halogens is 24. The van der Waals surface area contributed by atoms with Gasteiger partial charge in [-0.1, -0.05) is 74.5 Å². The van der Waals surface area contributed by atoms with Crippen molar-refractivity contribution >= 4 is 38.9 Å². The van der Waals surface area contributed by atoms with Crippen LogP contribution >= 0.6 is 0 Å². The molecule has 0 atom stereocenters. The fourth-order valence-electron chi connectivity index (χ4n) is 8.33. The monoisotopic (exact) mass is 1130 g/mol. The van der Waals surface area contributed by atoms with Crippen molar-refractivity contribution in [3.63, 3.8) is 0 Å². The van der Waals surface area contributed by atoms with E-state index in [4.69, 9.17) is 10.5 Å². The molecule has 0 fully saturated rings. The third kappa shape index (κ3) is 13.6. The SMILES string of the molecule is CC(C)C(C[n+]1cccc2ccccc21)=C(C#N)C#N.FC(F)(F)c1cc([B-](c2cc(C(F)(F)F)cc(C(F)(F)F)c2)(c2cc(C(F)(F)F)cc(C(F)(F)F)c2)c2cc(C(F)(F)F)cc(C(F)(F)F)c2)cc(C(F)(F)F)c1. The Labute approximate surface area is 417 Å². The molecule has 6 aromatic rings. The molecule has 1 aromatic heterocycles. The molecule has 77 heavy (non-hydrogen) atoms. The molecule has 0 spiro atoms. The number of allylic oxidation sites excluding steroid dienone is 2. The Morgan fingerprint density at radius 3 is 0.883 bits per heavy atom. The van der Waals surface area contributed by atoms with Crippen molar-refractivity contribution < 1.29 is 110 Å². The minimum absolute atomic E-state index is 0.163. The van der Waals surface area contributed by atoms with Gasteiger partial charge in [-0.25, -0.2) is 0 Å². The molecule has 0 unspecified atom stereocenters. The van der Waals surface area contributed by atoms with E-state index in [2.05, 4.69) is 16.7 Å². The number of benzene rings is 5. The Hall–Kier alpha value is -7.39. The quantitative estimate of drug-likeness (QED) is 0.0692. The van der Waals surface area contributed by atoms with Gasteiger partial charge in [-0.2, -0.15) is 142 Å². The molecule has 0 saturated heterocycles. The van der Waals surface area contributed by atoms with Gasteiger partial charge in [-0.05, 0) is 42.3 Å². The summed E-state index contributed by atoms with van der Waals surface area (Å²) in [6.07, 6.45) is -52.8. The lowest BCUT2D eigenvalue weighted by Crippen LogP contribution is -2.75. The molecule has 0 aliphatic heterocycles. The third-order valence-electron chi connectivity index (χ3n) is 11.8. The summed E-state index contributed by atoms with van der Waals surface area (Å²) in [5.41, 5.74) is -28.0. The number of hydrogen-bond acceptors (Lipinski definition) is 2. The van der Waals surface area contributed by atoms with Crippen LogP contribution in [0.1, 0.15) is 58.4 Å². The second kappa shape index (κ2) is 20.9. The summed E-state index contributed by atoms with van der Waals surface area (Å²) < 4.78 is 343. The summed E-state index contributed by atoms with van der Waals surface area (Å²) in [7, 11) is 0. The molecule has 0 aliphatic carbocycles. The Balaban J connectivity index is 0.000000455. The molecule has 28 heteroatoms. The number of rotatable bonds is 7. The predicted octanol–water partition coefficient (Wildman–Crippen LogP) is 14.3. The number of pyridine rings is 1. The minimum atomic E-state index is -6.13. The zero-order valence-electron chi connectivity index (χ0n) is 38.2. The van der Waals surface area contributed by atoms with Gasteiger partial charge in [-0.15, -0.1) is 0 Å². The van der Waals surface area contributed by atoms with Gasteiger partial charge in [0.15, 0.2) is 12.7 Å². The summed E-state index contributed by atoms with van der Waals surface area (Å²) in [4.78, 5) is 0. The van der Waals surface area contributed by atoms with Gasteiger partial charge >= 0.3 is 49.4 Å². The Morgan fingerprint density at radius 1 is 0.403 bits per heavy atom. The van der Waals surface area contributed by atoms with E-state index < -0.39 is 195 Å². The fourth-order valence-corrected chi connectivity index (χ4v) is 8.33. The Morgan fingerprint density at radius 2 is 0.649 bits per heavy atom. The van der Waals surface area contributed by atoms with Crippen LogP contribution in [-0.2, 0) is 56.0 Å². The van der Waals surface area contributed by atoms with E-state index in [0.29, 0.717) is 6.54 Å². The van der Waals surface area contributed by atoms with Gasteiger partial charge in [0, 0.05) is 23.1 Å². The molecule has 0 saturated carbocycles. The number of aromatic nitrogens is 1. The lowest BCUT2D eigenvalue weighted by atomic mass is 9.12. The smallest absolute Gasteiger partial charge is 0.194 e. The molecular formula is C49H28BF24N3. The fraction of sp³-hybridized carbons (Fsp3) is 0.245. The molecule has 1 heterocycles. The van der Waals surface area contributed by atoms with E-state index >= 15 is 0 Å². The van der Waals surface area contributed by atoms with Crippen molar-refractivity contribution in [2.24, 2.45) is 5.92 Å². The van der Waals surface area contributed by atoms with E-state index in [-0.39, 0.29) is 11.5 Å². The molecule has 0 bridgehead atoms. The zero-order valence-corrected chi connectivity index (χ0v) is 38.2. The summed E-state index contributed by atoms with van der Waals surface area (Å²) in [5, 5.41) is 19.3. The highest BCUT2D eigenvalue weighted by molar-refractivity contribution is 7.20. The van der Waals surface area contributed by atoms with Gasteiger partial charge in [0.25, 0.3) is 0 Å². The van der Waals surface area contributed by atoms with Crippen molar-refractivity contribution in [2.75, 3.05) is 0 Å². The highest BCUT2D eigenvalue weighted by Gasteiger charge is 2.47. The van der Waals surface area contributed by atoms with Crippen LogP contribution < -0.4 is 26.4 Å². The maximum absolute atomic E-state index is 14.2. The second-order valence-electron chi connectivity index (χ2n) is 17.2. The van der Waals surface area contributed by atoms with Crippen molar-refractivity contribution in [3.8, 4) is 12.1 Å². The second-order valence-corrected chi connectivity index (χ2v) is 17.2. The van der Waals surface area contributed by atoms with Gasteiger partial charge in [0.05, 0.1) is 44.5 Å². The van der Waals surface area contributed by atoms with Gasteiger partial charge in [-0.3, -0.25) is 0 Å². The maximum Gasteiger partial charge on any atom is 0.416 e. The van der Waals surface area contributed by atoms with E-state index in [1.807, 2.05) is 56.4 Å². The van der Waals surface area contributed by atoms with Crippen LogP contribution in [0, 0.1) is 28.6 Å². The number of nitriles is 2. The number of alkyl halides is 24. The lowest BCUT2D eigenvalue weighted by molar-refractivity contribution is -0.663. The summed E-state index contributed by atoms with van der Waals surface area (Å²) >= 11 is 0. The first-order chi connectivity index (χ1) is 34.9. The molecule has 3 nitrogen and oxygen atoms in total. The molecule has 0 amide bonds. The predicted molar refractivity (Wildman–Crippen MR) is 227 cm³/mol. The number of nitrogens with zero attached hydrogens (tertiary/aromatic N) is 3. The van der Waals surface area contributed by atoms with Crippen molar-refractivity contribution in [2.45, 2.75) is 69.8 Å². The molecule has 0 N–H and O–H groups in total. The largest absolute Gasteiger partial charge is 0.416 e. The van der Waals surface area contributed by atoms with E-state index in [9.17, 15) is 105 Å². The molecule has 410 valence electrons. The number of hydrogen-bond donors (Lipinski definition) is 0. The maximum atomic E-state index is 14.2. The van der Waals surface area contributed by atoms with Crippen molar-refractivity contribution in [1.82, 2.24) is 0 Å². The van der Waals surface area contributed by atoms with Gasteiger partial charge < -0.3 is 0 Å². The molecule has 6 rings (SSSR count). The Kier molecular flexibility index (Phi) is 16.4. The lowest BCUT2D eigenvalue weighted by Gasteiger charge is -2.46. The molecule has 0 radical (unpaired) electrons. The van der Waals surface area contributed by atoms with Crippen LogP contribution in [0.25, 0.3) is 10.9 Å². The first-order valence-corrected chi connectivity index (χ1v) is 21.2. The van der Waals surface area contributed by atoms with Crippen LogP contribution in [0.5, 0.6) is 0 Å². The van der Waals surface area contributed by atoms with Crippen LogP contribution in [-0.4, -0.2) is 6.15 Å². The molecular weight excluding hydrogens is 1100 g/mol. The standard InChI is InChI=1S/C32H12BF24.C17H16N3/c34-25(35,36)13-1-14(26(37,38)39)6-21(5-13)33(22-7-15(27(40,41)42)2-16(8-22)28(43,44)45,23-9-17(29(46,47)48)3-18(10-23)30(49,50)51)24-11-19(31(52,53)54)4-20(12-24)32(55,56)57;1-13(2)16(15(10-18)11-19)12-20-9-5-7-14-6-3-4-8-17(14)20/h1-12H;3-9,13H,12H2,1-2H3/q-1;+1. The summed E-state index contributed by atoms with van der Waals surface area (Å²) in [6, 6.07) is 7.34. The molecule has 0 aliphatic rings. The van der Waals surface area contributed by atoms with Gasteiger partial charge in [0.2, 0.25) is 5.52 Å². The van der Waals surface area contributed by atoms with Crippen LogP contribution in [0.2, 0.25) is 0 Å². The first kappa shape index (κ1) is 60.5. The number of para-hydroxylation sites is 1. The highest BCUT2D eigenvalue weighted by Crippen LogP contribution is 2.41. The summed E-state index contributed by atoms with van der Waals surface area (Å²) in [6.45, 7) is 4.58. The topological polar surface area (TPSA) is 51.5 Å². The normalized spacial score (nSPS) is 13.2.